The Bertz CT molecular complexity index is 558. The third kappa shape index (κ3) is 7.23. The van der Waals surface area contributed by atoms with E-state index in [2.05, 4.69) is 41.4 Å². The summed E-state index contributed by atoms with van der Waals surface area (Å²) in [5.74, 6) is 0. The first-order valence-corrected chi connectivity index (χ1v) is 8.94. The molecule has 0 aliphatic heterocycles. The molecule has 0 saturated carbocycles. The molecule has 0 radical (unpaired) electrons. The number of azo groups is 1. The minimum Gasteiger partial charge on any atom is -0.151 e. The Morgan fingerprint density at radius 3 is 1.83 bits per heavy atom. The number of hydrogen-bond donors (Lipinski definition) is 0. The summed E-state index contributed by atoms with van der Waals surface area (Å²) in [4.78, 5) is 0. The van der Waals surface area contributed by atoms with Gasteiger partial charge in [-0.15, -0.1) is 0 Å². The Morgan fingerprint density at radius 1 is 0.609 bits per heavy atom. The molecule has 2 rings (SSSR count). The van der Waals surface area contributed by atoms with E-state index < -0.39 is 0 Å². The first kappa shape index (κ1) is 17.4. The molecule has 2 nitrogen and oxygen atoms in total. The van der Waals surface area contributed by atoms with Gasteiger partial charge in [0.1, 0.15) is 0 Å². The van der Waals surface area contributed by atoms with Crippen molar-refractivity contribution in [1.82, 2.24) is 0 Å². The van der Waals surface area contributed by atoms with Crippen LogP contribution < -0.4 is 0 Å². The molecule has 0 bridgehead atoms. The van der Waals surface area contributed by atoms with Crippen LogP contribution in [0.3, 0.4) is 0 Å². The summed E-state index contributed by atoms with van der Waals surface area (Å²) < 4.78 is 0. The fourth-order valence-corrected chi connectivity index (χ4v) is 2.63. The largest absolute Gasteiger partial charge is 0.151 e. The molecule has 0 aliphatic rings. The maximum absolute atomic E-state index is 4.28. The normalized spacial score (nSPS) is 11.2. The van der Waals surface area contributed by atoms with Gasteiger partial charge in [0.25, 0.3) is 0 Å². The minimum atomic E-state index is 0.889. The fraction of sp³-hybridized carbons (Fsp3) is 0.429. The predicted octanol–water partition coefficient (Wildman–Crippen LogP) is 7.40. The Hall–Kier alpha value is -1.96. The van der Waals surface area contributed by atoms with Crippen LogP contribution in [0.5, 0.6) is 0 Å². The Morgan fingerprint density at radius 2 is 1.17 bits per heavy atom. The molecule has 0 aromatic heterocycles. The summed E-state index contributed by atoms with van der Waals surface area (Å²) in [7, 11) is 0. The monoisotopic (exact) mass is 308 g/mol. The number of nitrogens with zero attached hydrogens (tertiary/aromatic N) is 2. The highest BCUT2D eigenvalue weighted by Gasteiger charge is 1.96. The zero-order chi connectivity index (χ0) is 16.2. The van der Waals surface area contributed by atoms with Gasteiger partial charge in [-0.25, -0.2) is 0 Å². The zero-order valence-corrected chi connectivity index (χ0v) is 14.2. The van der Waals surface area contributed by atoms with Crippen molar-refractivity contribution < 1.29 is 0 Å². The Kier molecular flexibility index (Phi) is 8.10. The fourth-order valence-electron chi connectivity index (χ4n) is 2.63. The maximum Gasteiger partial charge on any atom is 0.0857 e. The van der Waals surface area contributed by atoms with Crippen LogP contribution >= 0.6 is 0 Å². The second-order valence-electron chi connectivity index (χ2n) is 6.07. The molecule has 0 fully saturated rings. The molecule has 0 spiro atoms. The van der Waals surface area contributed by atoms with E-state index >= 15 is 0 Å². The maximum atomic E-state index is 4.28. The molecule has 0 unspecified atom stereocenters. The van der Waals surface area contributed by atoms with Gasteiger partial charge in [-0.05, 0) is 42.7 Å². The van der Waals surface area contributed by atoms with Crippen molar-refractivity contribution >= 4 is 11.4 Å². The molecule has 0 saturated heterocycles. The molecule has 122 valence electrons. The van der Waals surface area contributed by atoms with Crippen molar-refractivity contribution in [2.45, 2.75) is 58.3 Å². The zero-order valence-electron chi connectivity index (χ0n) is 14.2. The summed E-state index contributed by atoms with van der Waals surface area (Å²) >= 11 is 0. The van der Waals surface area contributed by atoms with Crippen LogP contribution in [0.4, 0.5) is 11.4 Å². The van der Waals surface area contributed by atoms with Crippen LogP contribution in [0.2, 0.25) is 0 Å². The highest BCUT2D eigenvalue weighted by molar-refractivity contribution is 5.40. The molecule has 23 heavy (non-hydrogen) atoms. The van der Waals surface area contributed by atoms with Crippen molar-refractivity contribution in [2.75, 3.05) is 0 Å². The average Bonchev–Trinajstić information content (AvgIpc) is 2.61. The average molecular weight is 308 g/mol. The van der Waals surface area contributed by atoms with Gasteiger partial charge in [0, 0.05) is 0 Å². The third-order valence-corrected chi connectivity index (χ3v) is 4.04. The Balaban J connectivity index is 1.69. The van der Waals surface area contributed by atoms with E-state index in [4.69, 9.17) is 0 Å². The lowest BCUT2D eigenvalue weighted by Gasteiger charge is -2.02. The van der Waals surface area contributed by atoms with Crippen LogP contribution in [-0.4, -0.2) is 0 Å². The SMILES string of the molecule is CCCCCCCCCc1ccc(N=Nc2ccccc2)cc1. The molecule has 0 N–H and O–H groups in total. The summed E-state index contributed by atoms with van der Waals surface area (Å²) in [6, 6.07) is 18.3. The first-order chi connectivity index (χ1) is 11.4. The molecule has 2 heteroatoms. The van der Waals surface area contributed by atoms with Crippen molar-refractivity contribution in [3.63, 3.8) is 0 Å². The minimum absolute atomic E-state index is 0.889. The second-order valence-corrected chi connectivity index (χ2v) is 6.07. The summed E-state index contributed by atoms with van der Waals surface area (Å²) in [6.45, 7) is 2.27. The van der Waals surface area contributed by atoms with Gasteiger partial charge in [0.05, 0.1) is 11.4 Å². The van der Waals surface area contributed by atoms with Crippen LogP contribution in [0.25, 0.3) is 0 Å². The third-order valence-electron chi connectivity index (χ3n) is 4.04. The molecule has 2 aromatic carbocycles. The van der Waals surface area contributed by atoms with Crippen LogP contribution in [0.1, 0.15) is 57.4 Å². The molecular formula is C21H28N2. The van der Waals surface area contributed by atoms with Crippen molar-refractivity contribution in [2.24, 2.45) is 10.2 Å². The topological polar surface area (TPSA) is 24.7 Å². The van der Waals surface area contributed by atoms with Gasteiger partial charge in [-0.3, -0.25) is 0 Å². The van der Waals surface area contributed by atoms with Crippen molar-refractivity contribution in [1.29, 1.82) is 0 Å². The molecule has 0 atom stereocenters. The highest BCUT2D eigenvalue weighted by Crippen LogP contribution is 2.19. The van der Waals surface area contributed by atoms with Gasteiger partial charge < -0.3 is 0 Å². The van der Waals surface area contributed by atoms with Gasteiger partial charge in [0.15, 0.2) is 0 Å². The number of rotatable bonds is 10. The summed E-state index contributed by atoms with van der Waals surface area (Å²) in [5, 5.41) is 8.52. The van der Waals surface area contributed by atoms with E-state index in [-0.39, 0.29) is 0 Å². The van der Waals surface area contributed by atoms with Crippen molar-refractivity contribution in [3.05, 3.63) is 60.2 Å². The lowest BCUT2D eigenvalue weighted by molar-refractivity contribution is 0.589. The van der Waals surface area contributed by atoms with Gasteiger partial charge in [-0.1, -0.05) is 75.8 Å². The molecule has 0 aliphatic carbocycles. The van der Waals surface area contributed by atoms with E-state index in [1.807, 2.05) is 30.3 Å². The van der Waals surface area contributed by atoms with E-state index in [1.165, 1.54) is 56.9 Å². The Labute approximate surface area is 140 Å². The quantitative estimate of drug-likeness (QED) is 0.323. The van der Waals surface area contributed by atoms with Crippen LogP contribution in [0.15, 0.2) is 64.8 Å². The summed E-state index contributed by atoms with van der Waals surface area (Å²) in [6.07, 6.45) is 10.7. The van der Waals surface area contributed by atoms with Gasteiger partial charge >= 0.3 is 0 Å². The first-order valence-electron chi connectivity index (χ1n) is 8.94. The smallest absolute Gasteiger partial charge is 0.0857 e. The van der Waals surface area contributed by atoms with E-state index in [9.17, 15) is 0 Å². The van der Waals surface area contributed by atoms with E-state index in [0.29, 0.717) is 0 Å². The lowest BCUT2D eigenvalue weighted by Crippen LogP contribution is -1.86. The van der Waals surface area contributed by atoms with E-state index in [0.717, 1.165) is 11.4 Å². The van der Waals surface area contributed by atoms with Gasteiger partial charge in [-0.2, -0.15) is 10.2 Å². The predicted molar refractivity (Wildman–Crippen MR) is 98.8 cm³/mol. The second kappa shape index (κ2) is 10.7. The number of aryl methyl sites for hydroxylation is 1. The molecule has 0 amide bonds. The van der Waals surface area contributed by atoms with Crippen LogP contribution in [-0.2, 0) is 6.42 Å². The molecule has 0 heterocycles. The molecule has 2 aromatic rings. The number of unbranched alkanes of at least 4 members (excludes halogenated alkanes) is 6. The summed E-state index contributed by atoms with van der Waals surface area (Å²) in [5.41, 5.74) is 3.20. The number of benzene rings is 2. The standard InChI is InChI=1S/C21H28N2/c1-2-3-4-5-6-7-9-12-19-15-17-21(18-16-19)23-22-20-13-10-8-11-14-20/h8,10-11,13-18H,2-7,9,12H2,1H3. The number of hydrogen-bond acceptors (Lipinski definition) is 2. The van der Waals surface area contributed by atoms with Gasteiger partial charge in [0.2, 0.25) is 0 Å². The van der Waals surface area contributed by atoms with E-state index in [1.54, 1.807) is 0 Å². The highest BCUT2D eigenvalue weighted by atomic mass is 15.1. The lowest BCUT2D eigenvalue weighted by atomic mass is 10.0. The van der Waals surface area contributed by atoms with Crippen molar-refractivity contribution in [3.8, 4) is 0 Å². The molecular weight excluding hydrogens is 280 g/mol. The van der Waals surface area contributed by atoms with Crippen LogP contribution in [0, 0.1) is 0 Å².